The van der Waals surface area contributed by atoms with E-state index in [0.29, 0.717) is 28.6 Å². The number of benzene rings is 2. The van der Waals surface area contributed by atoms with Crippen LogP contribution in [0, 0.1) is 5.92 Å². The summed E-state index contributed by atoms with van der Waals surface area (Å²) >= 11 is 6.40. The van der Waals surface area contributed by atoms with Crippen molar-refractivity contribution in [2.24, 2.45) is 5.92 Å². The monoisotopic (exact) mass is 539 g/mol. The van der Waals surface area contributed by atoms with E-state index >= 15 is 0 Å². The Morgan fingerprint density at radius 2 is 1.95 bits per heavy atom. The molecule has 0 bridgehead atoms. The zero-order chi connectivity index (χ0) is 27.1. The molecule has 1 N–H and O–H groups in total. The van der Waals surface area contributed by atoms with Crippen molar-refractivity contribution in [1.29, 1.82) is 0 Å². The molecule has 3 aromatic rings. The molecule has 4 atom stereocenters. The highest BCUT2D eigenvalue weighted by Crippen LogP contribution is 2.42. The van der Waals surface area contributed by atoms with Crippen molar-refractivity contribution in [2.75, 3.05) is 19.1 Å². The van der Waals surface area contributed by atoms with Crippen molar-refractivity contribution >= 4 is 40.2 Å². The molecule has 8 nitrogen and oxygen atoms in total. The molecule has 1 aromatic heterocycles. The summed E-state index contributed by atoms with van der Waals surface area (Å²) in [5.41, 5.74) is 4.01. The Kier molecular flexibility index (Phi) is 7.38. The molecule has 9 heteroatoms. The number of carbonyl (C=O) groups is 2. The summed E-state index contributed by atoms with van der Waals surface area (Å²) in [6.07, 6.45) is 3.48. The molecule has 0 spiro atoms. The number of anilines is 1. The number of imidazole rings is 1. The number of hydrogen-bond donors (Lipinski definition) is 1. The number of Topliss-reactive ketones (excluding diaryl/α,β-unsaturated/α-hetero) is 1. The molecule has 0 radical (unpaired) electrons. The van der Waals surface area contributed by atoms with E-state index in [-0.39, 0.29) is 23.8 Å². The van der Waals surface area contributed by atoms with Crippen LogP contribution in [-0.4, -0.2) is 46.8 Å². The number of aryl methyl sites for hydroxylation is 1. The van der Waals surface area contributed by atoms with Crippen molar-refractivity contribution in [1.82, 2.24) is 9.55 Å². The Labute approximate surface area is 227 Å². The van der Waals surface area contributed by atoms with Crippen LogP contribution in [-0.2, 0) is 16.0 Å². The Hall–Kier alpha value is -3.10. The first-order valence-electron chi connectivity index (χ1n) is 13.2. The van der Waals surface area contributed by atoms with Crippen LogP contribution >= 0.6 is 11.6 Å². The first-order chi connectivity index (χ1) is 18.2. The second-order valence-electron chi connectivity index (χ2n) is 10.4. The van der Waals surface area contributed by atoms with E-state index in [9.17, 15) is 14.7 Å². The molecule has 2 aliphatic rings. The SMILES string of the molecule is COC(=O)N1c2ccc3c(nc([C@H](O)c4ccc(OC)c(Cl)c4)n3[C@@H]3CCC[C@@H](C(C)=O)C3)c2CC[C@@H]1C. The van der Waals surface area contributed by atoms with Gasteiger partial charge in [0.15, 0.2) is 0 Å². The number of nitrogens with zero attached hydrogens (tertiary/aromatic N) is 3. The van der Waals surface area contributed by atoms with Crippen molar-refractivity contribution in [2.45, 2.75) is 70.6 Å². The number of amides is 1. The lowest BCUT2D eigenvalue weighted by molar-refractivity contribution is -0.122. The fourth-order valence-electron chi connectivity index (χ4n) is 6.14. The molecule has 2 heterocycles. The zero-order valence-corrected chi connectivity index (χ0v) is 23.0. The number of ether oxygens (including phenoxy) is 2. The summed E-state index contributed by atoms with van der Waals surface area (Å²) in [5.74, 6) is 1.22. The van der Waals surface area contributed by atoms with Crippen LogP contribution in [0.2, 0.25) is 5.02 Å². The van der Waals surface area contributed by atoms with Gasteiger partial charge in [-0.15, -0.1) is 0 Å². The van der Waals surface area contributed by atoms with Crippen LogP contribution in [0.4, 0.5) is 10.5 Å². The Balaban J connectivity index is 1.69. The van der Waals surface area contributed by atoms with Crippen molar-refractivity contribution < 1.29 is 24.2 Å². The van der Waals surface area contributed by atoms with Gasteiger partial charge in [0.25, 0.3) is 0 Å². The molecule has 1 fully saturated rings. The van der Waals surface area contributed by atoms with E-state index in [0.717, 1.165) is 54.4 Å². The average Bonchev–Trinajstić information content (AvgIpc) is 3.32. The number of ketones is 1. The van der Waals surface area contributed by atoms with E-state index < -0.39 is 12.2 Å². The lowest BCUT2D eigenvalue weighted by Crippen LogP contribution is -2.42. The normalized spacial score (nSPS) is 22.2. The van der Waals surface area contributed by atoms with E-state index in [1.807, 2.05) is 19.1 Å². The van der Waals surface area contributed by atoms with Gasteiger partial charge in [-0.1, -0.05) is 24.1 Å². The van der Waals surface area contributed by atoms with Gasteiger partial charge in [0, 0.05) is 23.6 Å². The minimum absolute atomic E-state index is 0.00402. The van der Waals surface area contributed by atoms with Crippen molar-refractivity contribution in [3.63, 3.8) is 0 Å². The van der Waals surface area contributed by atoms with Crippen LogP contribution in [0.25, 0.3) is 11.0 Å². The predicted octanol–water partition coefficient (Wildman–Crippen LogP) is 6.01. The molecule has 0 saturated heterocycles. The highest BCUT2D eigenvalue weighted by Gasteiger charge is 2.35. The summed E-state index contributed by atoms with van der Waals surface area (Å²) in [6.45, 7) is 3.67. The lowest BCUT2D eigenvalue weighted by atomic mass is 9.83. The van der Waals surface area contributed by atoms with Crippen LogP contribution in [0.1, 0.15) is 75.0 Å². The number of aromatic nitrogens is 2. The highest BCUT2D eigenvalue weighted by atomic mass is 35.5. The molecule has 5 rings (SSSR count). The Morgan fingerprint density at radius 1 is 1.16 bits per heavy atom. The van der Waals surface area contributed by atoms with Gasteiger partial charge in [-0.25, -0.2) is 9.78 Å². The second-order valence-corrected chi connectivity index (χ2v) is 10.8. The summed E-state index contributed by atoms with van der Waals surface area (Å²) in [7, 11) is 2.94. The van der Waals surface area contributed by atoms with Gasteiger partial charge >= 0.3 is 6.09 Å². The third-order valence-corrected chi connectivity index (χ3v) is 8.47. The smallest absolute Gasteiger partial charge is 0.414 e. The first-order valence-corrected chi connectivity index (χ1v) is 13.6. The maximum absolute atomic E-state index is 12.7. The molecule has 1 amide bonds. The van der Waals surface area contributed by atoms with Gasteiger partial charge in [-0.3, -0.25) is 9.69 Å². The van der Waals surface area contributed by atoms with Gasteiger partial charge in [-0.2, -0.15) is 0 Å². The summed E-state index contributed by atoms with van der Waals surface area (Å²) in [4.78, 5) is 31.7. The van der Waals surface area contributed by atoms with Crippen molar-refractivity contribution in [3.8, 4) is 5.75 Å². The predicted molar refractivity (Wildman–Crippen MR) is 146 cm³/mol. The number of rotatable bonds is 5. The first kappa shape index (κ1) is 26.5. The number of aliphatic hydroxyl groups is 1. The Bertz CT molecular complexity index is 1390. The largest absolute Gasteiger partial charge is 0.495 e. The lowest BCUT2D eigenvalue weighted by Gasteiger charge is -2.34. The molecular weight excluding hydrogens is 506 g/mol. The zero-order valence-electron chi connectivity index (χ0n) is 22.2. The van der Waals surface area contributed by atoms with Crippen LogP contribution in [0.15, 0.2) is 30.3 Å². The second kappa shape index (κ2) is 10.6. The highest BCUT2D eigenvalue weighted by molar-refractivity contribution is 6.32. The van der Waals surface area contributed by atoms with Crippen LogP contribution in [0.3, 0.4) is 0 Å². The summed E-state index contributed by atoms with van der Waals surface area (Å²) in [5, 5.41) is 12.1. The fraction of sp³-hybridized carbons (Fsp3) is 0.483. The number of aliphatic hydroxyl groups excluding tert-OH is 1. The molecule has 1 aliphatic heterocycles. The van der Waals surface area contributed by atoms with E-state index in [1.54, 1.807) is 37.1 Å². The fourth-order valence-corrected chi connectivity index (χ4v) is 6.41. The molecule has 1 aliphatic carbocycles. The van der Waals surface area contributed by atoms with Gasteiger partial charge < -0.3 is 19.1 Å². The van der Waals surface area contributed by atoms with Crippen LogP contribution in [0.5, 0.6) is 5.75 Å². The van der Waals surface area contributed by atoms with E-state index in [4.69, 9.17) is 26.1 Å². The summed E-state index contributed by atoms with van der Waals surface area (Å²) in [6, 6.07) is 9.16. The maximum Gasteiger partial charge on any atom is 0.414 e. The maximum atomic E-state index is 12.7. The van der Waals surface area contributed by atoms with Gasteiger partial charge in [0.05, 0.1) is 36.0 Å². The average molecular weight is 540 g/mol. The number of hydrogen-bond acceptors (Lipinski definition) is 6. The molecule has 38 heavy (non-hydrogen) atoms. The third-order valence-electron chi connectivity index (χ3n) is 8.18. The topological polar surface area (TPSA) is 93.9 Å². The molecule has 1 saturated carbocycles. The van der Waals surface area contributed by atoms with Gasteiger partial charge in [0.1, 0.15) is 23.5 Å². The quantitative estimate of drug-likeness (QED) is 0.427. The van der Waals surface area contributed by atoms with E-state index in [2.05, 4.69) is 4.57 Å². The van der Waals surface area contributed by atoms with Gasteiger partial charge in [-0.05, 0) is 75.8 Å². The molecule has 0 unspecified atom stereocenters. The standard InChI is InChI=1S/C29H34ClN3O5/c1-16-8-10-21-23(32(16)29(36)38-4)11-12-24-26(21)31-28(27(35)19-9-13-25(37-3)22(30)15-19)33(24)20-7-5-6-18(14-20)17(2)34/h9,11-13,15-16,18,20,27,35H,5-8,10,14H2,1-4H3/t16-,18+,20+,27+/m0/s1. The number of carbonyl (C=O) groups excluding carboxylic acids is 2. The number of methoxy groups -OCH3 is 2. The van der Waals surface area contributed by atoms with Crippen LogP contribution < -0.4 is 9.64 Å². The van der Waals surface area contributed by atoms with Gasteiger partial charge in [0.2, 0.25) is 0 Å². The van der Waals surface area contributed by atoms with Crippen molar-refractivity contribution in [3.05, 3.63) is 52.3 Å². The number of halogens is 1. The summed E-state index contributed by atoms with van der Waals surface area (Å²) < 4.78 is 12.5. The molecular formula is C29H34ClN3O5. The minimum Gasteiger partial charge on any atom is -0.495 e. The number of fused-ring (bicyclic) bond motifs is 3. The third kappa shape index (κ3) is 4.54. The molecule has 2 aromatic carbocycles. The molecule has 202 valence electrons. The van der Waals surface area contributed by atoms with E-state index in [1.165, 1.54) is 7.11 Å². The minimum atomic E-state index is -1.04. The Morgan fingerprint density at radius 3 is 2.63 bits per heavy atom.